The first-order valence-electron chi connectivity index (χ1n) is 8.05. The first-order chi connectivity index (χ1) is 12.9. The third-order valence-corrected chi connectivity index (χ3v) is 3.63. The Bertz CT molecular complexity index is 913. The molecule has 0 spiro atoms. The molecule has 4 heterocycles. The molecule has 0 fully saturated rings. The van der Waals surface area contributed by atoms with Crippen molar-refractivity contribution < 1.29 is 0 Å². The quantitative estimate of drug-likeness (QED) is 0.490. The lowest BCUT2D eigenvalue weighted by atomic mass is 10.2. The van der Waals surface area contributed by atoms with E-state index in [-0.39, 0.29) is 0 Å². The molecule has 124 valence electrons. The van der Waals surface area contributed by atoms with E-state index < -0.39 is 0 Å². The van der Waals surface area contributed by atoms with E-state index in [1.807, 2.05) is 60.7 Å². The maximum atomic E-state index is 4.37. The average Bonchev–Trinajstić information content (AvgIpc) is 2.74. The summed E-state index contributed by atoms with van der Waals surface area (Å²) in [7, 11) is 0. The molecule has 4 aromatic rings. The highest BCUT2D eigenvalue weighted by Gasteiger charge is 2.01. The van der Waals surface area contributed by atoms with E-state index in [4.69, 9.17) is 0 Å². The van der Waals surface area contributed by atoms with E-state index in [2.05, 4.69) is 30.2 Å². The van der Waals surface area contributed by atoms with Gasteiger partial charge in [-0.1, -0.05) is 12.1 Å². The Balaban J connectivity index is 1.48. The van der Waals surface area contributed by atoms with Crippen molar-refractivity contribution in [1.82, 2.24) is 19.9 Å². The van der Waals surface area contributed by atoms with Gasteiger partial charge >= 0.3 is 0 Å². The summed E-state index contributed by atoms with van der Waals surface area (Å²) in [6, 6.07) is 18.9. The predicted molar refractivity (Wildman–Crippen MR) is 99.1 cm³/mol. The van der Waals surface area contributed by atoms with Gasteiger partial charge in [0.2, 0.25) is 0 Å². The van der Waals surface area contributed by atoms with Gasteiger partial charge in [-0.3, -0.25) is 19.9 Å². The minimum atomic E-state index is 0.665. The highest BCUT2D eigenvalue weighted by atomic mass is 15.1. The maximum absolute atomic E-state index is 4.37. The predicted octanol–water partition coefficient (Wildman–Crippen LogP) is 5.02. The molecular weight excluding hydrogens is 324 g/mol. The zero-order chi connectivity index (χ0) is 17.6. The normalized spacial score (nSPS) is 10.9. The van der Waals surface area contributed by atoms with Crippen molar-refractivity contribution in [1.29, 1.82) is 0 Å². The lowest BCUT2D eigenvalue weighted by molar-refractivity contribution is 1.17. The van der Waals surface area contributed by atoms with E-state index in [1.54, 1.807) is 24.8 Å². The number of nitrogens with zero attached hydrogens (tertiary/aromatic N) is 6. The lowest BCUT2D eigenvalue weighted by Crippen LogP contribution is -1.85. The van der Waals surface area contributed by atoms with Crippen LogP contribution in [0.4, 0.5) is 11.4 Å². The van der Waals surface area contributed by atoms with E-state index in [0.717, 1.165) is 22.8 Å². The van der Waals surface area contributed by atoms with E-state index in [1.165, 1.54) is 0 Å². The molecule has 0 aliphatic rings. The number of rotatable bonds is 4. The van der Waals surface area contributed by atoms with Crippen LogP contribution in [0.1, 0.15) is 0 Å². The minimum absolute atomic E-state index is 0.665. The lowest BCUT2D eigenvalue weighted by Gasteiger charge is -2.00. The van der Waals surface area contributed by atoms with Crippen molar-refractivity contribution in [3.63, 3.8) is 0 Å². The topological polar surface area (TPSA) is 76.3 Å². The number of azo groups is 1. The molecule has 0 saturated carbocycles. The fourth-order valence-corrected chi connectivity index (χ4v) is 2.34. The molecule has 0 N–H and O–H groups in total. The third-order valence-electron chi connectivity index (χ3n) is 3.63. The Labute approximate surface area is 150 Å². The highest BCUT2D eigenvalue weighted by molar-refractivity contribution is 5.56. The van der Waals surface area contributed by atoms with Gasteiger partial charge in [0, 0.05) is 12.4 Å². The summed E-state index contributed by atoms with van der Waals surface area (Å²) in [4.78, 5) is 17.3. The van der Waals surface area contributed by atoms with Crippen molar-refractivity contribution in [3.8, 4) is 22.8 Å². The summed E-state index contributed by atoms with van der Waals surface area (Å²) in [6.45, 7) is 0. The van der Waals surface area contributed by atoms with Crippen molar-refractivity contribution in [3.05, 3.63) is 85.5 Å². The summed E-state index contributed by atoms with van der Waals surface area (Å²) >= 11 is 0. The molecule has 0 amide bonds. The van der Waals surface area contributed by atoms with Gasteiger partial charge in [0.05, 0.1) is 35.2 Å². The number of hydrogen-bond donors (Lipinski definition) is 0. The largest absolute Gasteiger partial charge is 0.255 e. The number of hydrogen-bond acceptors (Lipinski definition) is 6. The highest BCUT2D eigenvalue weighted by Crippen LogP contribution is 2.21. The van der Waals surface area contributed by atoms with Crippen LogP contribution in [0.2, 0.25) is 0 Å². The van der Waals surface area contributed by atoms with E-state index >= 15 is 0 Å². The van der Waals surface area contributed by atoms with Gasteiger partial charge in [0.15, 0.2) is 0 Å². The molecule has 0 unspecified atom stereocenters. The molecule has 26 heavy (non-hydrogen) atoms. The third kappa shape index (κ3) is 3.64. The van der Waals surface area contributed by atoms with Gasteiger partial charge in [0.25, 0.3) is 0 Å². The molecule has 0 bridgehead atoms. The second-order valence-electron chi connectivity index (χ2n) is 5.43. The SMILES string of the molecule is c1ccc(-c2ccc(N=Nc3ccc(-c4ccccn4)nc3)cn2)nc1. The Hall–Kier alpha value is -3.80. The van der Waals surface area contributed by atoms with Crippen LogP contribution >= 0.6 is 0 Å². The first-order valence-corrected chi connectivity index (χ1v) is 8.05. The fourth-order valence-electron chi connectivity index (χ4n) is 2.34. The number of aromatic nitrogens is 4. The Morgan fingerprint density at radius 3 is 1.27 bits per heavy atom. The van der Waals surface area contributed by atoms with Crippen molar-refractivity contribution in [2.24, 2.45) is 10.2 Å². The zero-order valence-electron chi connectivity index (χ0n) is 13.8. The molecule has 0 aliphatic carbocycles. The van der Waals surface area contributed by atoms with Crippen LogP contribution in [-0.2, 0) is 0 Å². The van der Waals surface area contributed by atoms with Crippen molar-refractivity contribution >= 4 is 11.4 Å². The fraction of sp³-hybridized carbons (Fsp3) is 0. The van der Waals surface area contributed by atoms with Gasteiger partial charge in [-0.25, -0.2) is 0 Å². The minimum Gasteiger partial charge on any atom is -0.255 e. The van der Waals surface area contributed by atoms with E-state index in [0.29, 0.717) is 11.4 Å². The van der Waals surface area contributed by atoms with Gasteiger partial charge in [0.1, 0.15) is 11.4 Å². The second-order valence-corrected chi connectivity index (χ2v) is 5.43. The summed E-state index contributed by atoms with van der Waals surface area (Å²) in [5, 5.41) is 8.40. The molecule has 4 rings (SSSR count). The Kier molecular flexibility index (Phi) is 4.47. The second kappa shape index (κ2) is 7.40. The molecule has 0 radical (unpaired) electrons. The van der Waals surface area contributed by atoms with Crippen molar-refractivity contribution in [2.75, 3.05) is 0 Å². The molecule has 0 aliphatic heterocycles. The van der Waals surface area contributed by atoms with Crippen molar-refractivity contribution in [2.45, 2.75) is 0 Å². The average molecular weight is 338 g/mol. The van der Waals surface area contributed by atoms with Crippen LogP contribution in [0.15, 0.2) is 95.7 Å². The van der Waals surface area contributed by atoms with Gasteiger partial charge in [-0.15, -0.1) is 10.2 Å². The number of pyridine rings is 4. The molecular formula is C20H14N6. The molecule has 6 nitrogen and oxygen atoms in total. The standard InChI is InChI=1S/C20H14N6/c1-3-11-21-17(5-1)19-9-7-15(13-23-19)25-26-16-8-10-20(24-14-16)18-6-2-4-12-22-18/h1-14H. The van der Waals surface area contributed by atoms with Crippen LogP contribution in [0.3, 0.4) is 0 Å². The Morgan fingerprint density at radius 1 is 0.462 bits per heavy atom. The van der Waals surface area contributed by atoms with Gasteiger partial charge < -0.3 is 0 Å². The summed E-state index contributed by atoms with van der Waals surface area (Å²) in [6.07, 6.45) is 6.82. The summed E-state index contributed by atoms with van der Waals surface area (Å²) in [5.41, 5.74) is 4.57. The first kappa shape index (κ1) is 15.7. The smallest absolute Gasteiger partial charge is 0.104 e. The summed E-state index contributed by atoms with van der Waals surface area (Å²) < 4.78 is 0. The van der Waals surface area contributed by atoms with Crippen LogP contribution in [0.25, 0.3) is 22.8 Å². The summed E-state index contributed by atoms with van der Waals surface area (Å²) in [5.74, 6) is 0. The molecule has 6 heteroatoms. The van der Waals surface area contributed by atoms with E-state index in [9.17, 15) is 0 Å². The maximum Gasteiger partial charge on any atom is 0.104 e. The van der Waals surface area contributed by atoms with Crippen LogP contribution in [0.5, 0.6) is 0 Å². The molecule has 4 aromatic heterocycles. The van der Waals surface area contributed by atoms with Gasteiger partial charge in [-0.05, 0) is 48.5 Å². The monoisotopic (exact) mass is 338 g/mol. The van der Waals surface area contributed by atoms with Crippen LogP contribution < -0.4 is 0 Å². The molecule has 0 aromatic carbocycles. The zero-order valence-corrected chi connectivity index (χ0v) is 13.8. The Morgan fingerprint density at radius 2 is 0.923 bits per heavy atom. The molecule has 0 atom stereocenters. The van der Waals surface area contributed by atoms with Crippen LogP contribution in [0, 0.1) is 0 Å². The van der Waals surface area contributed by atoms with Crippen LogP contribution in [-0.4, -0.2) is 19.9 Å². The molecule has 0 saturated heterocycles. The van der Waals surface area contributed by atoms with Gasteiger partial charge in [-0.2, -0.15) is 0 Å².